The van der Waals surface area contributed by atoms with E-state index in [1.165, 1.54) is 12.1 Å². The molecule has 0 saturated heterocycles. The topological polar surface area (TPSA) is 65.2 Å². The van der Waals surface area contributed by atoms with Crippen molar-refractivity contribution in [2.75, 3.05) is 5.75 Å². The average molecular weight is 390 g/mol. The van der Waals surface area contributed by atoms with Crippen molar-refractivity contribution in [2.45, 2.75) is 25.7 Å². The van der Waals surface area contributed by atoms with Crippen molar-refractivity contribution in [1.29, 1.82) is 0 Å². The summed E-state index contributed by atoms with van der Waals surface area (Å²) in [4.78, 5) is 12.5. The summed E-state index contributed by atoms with van der Waals surface area (Å²) in [6.07, 6.45) is 0. The molecule has 0 aliphatic heterocycles. The predicted molar refractivity (Wildman–Crippen MR) is 97.3 cm³/mol. The monoisotopic (exact) mass is 390 g/mol. The summed E-state index contributed by atoms with van der Waals surface area (Å²) in [5, 5.41) is 8.10. The number of aromatic nitrogens is 2. The maximum atomic E-state index is 12.5. The smallest absolute Gasteiger partial charge is 0.387 e. The predicted octanol–water partition coefficient (Wildman–Crippen LogP) is 4.93. The first-order valence-corrected chi connectivity index (χ1v) is 9.03. The lowest BCUT2D eigenvalue weighted by Gasteiger charge is -2.10. The zero-order valence-electron chi connectivity index (χ0n) is 14.6. The summed E-state index contributed by atoms with van der Waals surface area (Å²) in [7, 11) is 0. The van der Waals surface area contributed by atoms with Crippen LogP contribution >= 0.6 is 11.8 Å². The molecule has 3 aromatic rings. The Morgan fingerprint density at radius 3 is 2.52 bits per heavy atom. The Hall–Kier alpha value is -2.74. The van der Waals surface area contributed by atoms with Gasteiger partial charge < -0.3 is 9.15 Å². The molecule has 0 unspecified atom stereocenters. The van der Waals surface area contributed by atoms with Crippen LogP contribution < -0.4 is 4.74 Å². The van der Waals surface area contributed by atoms with Crippen LogP contribution in [0.5, 0.6) is 5.75 Å². The standard InChI is InChI=1S/C19H16F2N2O3S/c1-11-3-6-13(7-4-11)17-22-23-19(26-17)27-10-15(24)14-9-12(2)5-8-16(14)25-18(20)21/h3-9,18H,10H2,1-2H3. The van der Waals surface area contributed by atoms with Gasteiger partial charge in [0.25, 0.3) is 5.22 Å². The van der Waals surface area contributed by atoms with Crippen molar-refractivity contribution in [2.24, 2.45) is 0 Å². The van der Waals surface area contributed by atoms with E-state index in [-0.39, 0.29) is 28.1 Å². The molecule has 1 aromatic heterocycles. The van der Waals surface area contributed by atoms with Gasteiger partial charge in [0, 0.05) is 5.56 Å². The first kappa shape index (κ1) is 19.0. The maximum Gasteiger partial charge on any atom is 0.387 e. The first-order valence-electron chi connectivity index (χ1n) is 8.04. The molecule has 0 bridgehead atoms. The largest absolute Gasteiger partial charge is 0.434 e. The minimum Gasteiger partial charge on any atom is -0.434 e. The van der Waals surface area contributed by atoms with E-state index in [9.17, 15) is 13.6 Å². The Bertz CT molecular complexity index is 942. The van der Waals surface area contributed by atoms with Gasteiger partial charge in [0.2, 0.25) is 5.89 Å². The van der Waals surface area contributed by atoms with Crippen molar-refractivity contribution in [3.8, 4) is 17.2 Å². The van der Waals surface area contributed by atoms with E-state index in [1.807, 2.05) is 31.2 Å². The number of Topliss-reactive ketones (excluding diaryl/α,β-unsaturated/α-hetero) is 1. The highest BCUT2D eigenvalue weighted by molar-refractivity contribution is 7.99. The number of ether oxygens (including phenoxy) is 1. The van der Waals surface area contributed by atoms with Crippen LogP contribution in [0, 0.1) is 13.8 Å². The Morgan fingerprint density at radius 2 is 1.81 bits per heavy atom. The second-order valence-corrected chi connectivity index (χ2v) is 6.76. The quantitative estimate of drug-likeness (QED) is 0.421. The van der Waals surface area contributed by atoms with E-state index in [4.69, 9.17) is 4.42 Å². The molecule has 0 amide bonds. The van der Waals surface area contributed by atoms with Crippen molar-refractivity contribution < 1.29 is 22.7 Å². The third-order valence-electron chi connectivity index (χ3n) is 3.68. The molecule has 2 aromatic carbocycles. The molecular weight excluding hydrogens is 374 g/mol. The van der Waals surface area contributed by atoms with Gasteiger partial charge in [-0.2, -0.15) is 8.78 Å². The van der Waals surface area contributed by atoms with Gasteiger partial charge in [-0.25, -0.2) is 0 Å². The maximum absolute atomic E-state index is 12.5. The number of carbonyl (C=O) groups excluding carboxylic acids is 1. The lowest BCUT2D eigenvalue weighted by Crippen LogP contribution is -2.10. The molecule has 27 heavy (non-hydrogen) atoms. The van der Waals surface area contributed by atoms with Gasteiger partial charge in [0.1, 0.15) is 5.75 Å². The highest BCUT2D eigenvalue weighted by atomic mass is 32.2. The average Bonchev–Trinajstić information content (AvgIpc) is 3.10. The molecule has 0 N–H and O–H groups in total. The first-order chi connectivity index (χ1) is 12.9. The molecule has 8 heteroatoms. The molecule has 0 radical (unpaired) electrons. The van der Waals surface area contributed by atoms with Gasteiger partial charge in [0.05, 0.1) is 11.3 Å². The number of rotatable bonds is 7. The number of benzene rings is 2. The van der Waals surface area contributed by atoms with Crippen LogP contribution in [-0.4, -0.2) is 28.3 Å². The fourth-order valence-electron chi connectivity index (χ4n) is 2.35. The Labute approximate surface area is 158 Å². The molecular formula is C19H16F2N2O3S. The summed E-state index contributed by atoms with van der Waals surface area (Å²) in [6.45, 7) is 0.740. The van der Waals surface area contributed by atoms with Gasteiger partial charge in [-0.05, 0) is 38.1 Å². The van der Waals surface area contributed by atoms with Crippen LogP contribution in [0.4, 0.5) is 8.78 Å². The number of alkyl halides is 2. The second-order valence-electron chi connectivity index (χ2n) is 5.83. The summed E-state index contributed by atoms with van der Waals surface area (Å²) in [6, 6.07) is 12.1. The lowest BCUT2D eigenvalue weighted by molar-refractivity contribution is -0.0501. The van der Waals surface area contributed by atoms with Crippen LogP contribution in [0.3, 0.4) is 0 Å². The van der Waals surface area contributed by atoms with E-state index >= 15 is 0 Å². The number of halogens is 2. The lowest BCUT2D eigenvalue weighted by atomic mass is 10.1. The molecule has 0 fully saturated rings. The molecule has 0 aliphatic carbocycles. The fourth-order valence-corrected chi connectivity index (χ4v) is 2.99. The number of hydrogen-bond donors (Lipinski definition) is 0. The molecule has 0 saturated carbocycles. The number of thioether (sulfide) groups is 1. The SMILES string of the molecule is Cc1ccc(-c2nnc(SCC(=O)c3cc(C)ccc3OC(F)F)o2)cc1. The molecule has 0 aliphatic rings. The molecule has 1 heterocycles. The summed E-state index contributed by atoms with van der Waals surface area (Å²) in [5.41, 5.74) is 2.75. The van der Waals surface area contributed by atoms with E-state index in [1.54, 1.807) is 13.0 Å². The van der Waals surface area contributed by atoms with E-state index < -0.39 is 6.61 Å². The van der Waals surface area contributed by atoms with Crippen molar-refractivity contribution in [3.05, 3.63) is 59.2 Å². The van der Waals surface area contributed by atoms with Crippen molar-refractivity contribution >= 4 is 17.5 Å². The molecule has 3 rings (SSSR count). The third-order valence-corrected chi connectivity index (χ3v) is 4.50. The van der Waals surface area contributed by atoms with E-state index in [0.717, 1.165) is 28.5 Å². The minimum absolute atomic E-state index is 0.0431. The van der Waals surface area contributed by atoms with Crippen molar-refractivity contribution in [3.63, 3.8) is 0 Å². The summed E-state index contributed by atoms with van der Waals surface area (Å²) in [5.74, 6) is -0.206. The van der Waals surface area contributed by atoms with Gasteiger partial charge in [-0.15, -0.1) is 10.2 Å². The van der Waals surface area contributed by atoms with E-state index in [0.29, 0.717) is 5.89 Å². The van der Waals surface area contributed by atoms with Gasteiger partial charge in [0.15, 0.2) is 5.78 Å². The number of nitrogens with zero attached hydrogens (tertiary/aromatic N) is 2. The zero-order valence-corrected chi connectivity index (χ0v) is 15.4. The second kappa shape index (κ2) is 8.30. The third kappa shape index (κ3) is 4.91. The molecule has 140 valence electrons. The Kier molecular flexibility index (Phi) is 5.85. The molecule has 0 atom stereocenters. The summed E-state index contributed by atoms with van der Waals surface area (Å²) >= 11 is 1.04. The minimum atomic E-state index is -3.00. The van der Waals surface area contributed by atoms with Crippen LogP contribution in [0.2, 0.25) is 0 Å². The van der Waals surface area contributed by atoms with Crippen LogP contribution in [0.1, 0.15) is 21.5 Å². The van der Waals surface area contributed by atoms with Gasteiger partial charge >= 0.3 is 6.61 Å². The number of carbonyl (C=O) groups is 1. The number of ketones is 1. The fraction of sp³-hybridized carbons (Fsp3) is 0.211. The van der Waals surface area contributed by atoms with Crippen LogP contribution in [0.25, 0.3) is 11.5 Å². The Morgan fingerprint density at radius 1 is 1.11 bits per heavy atom. The highest BCUT2D eigenvalue weighted by Gasteiger charge is 2.18. The molecule has 0 spiro atoms. The van der Waals surface area contributed by atoms with Crippen molar-refractivity contribution in [1.82, 2.24) is 10.2 Å². The van der Waals surface area contributed by atoms with E-state index in [2.05, 4.69) is 14.9 Å². The highest BCUT2D eigenvalue weighted by Crippen LogP contribution is 2.27. The van der Waals surface area contributed by atoms with Gasteiger partial charge in [-0.3, -0.25) is 4.79 Å². The van der Waals surface area contributed by atoms with Crippen LogP contribution in [0.15, 0.2) is 52.1 Å². The number of hydrogen-bond acceptors (Lipinski definition) is 6. The number of aryl methyl sites for hydroxylation is 2. The molecule has 5 nitrogen and oxygen atoms in total. The van der Waals surface area contributed by atoms with Gasteiger partial charge in [-0.1, -0.05) is 41.1 Å². The summed E-state index contributed by atoms with van der Waals surface area (Å²) < 4.78 is 35.0. The normalized spacial score (nSPS) is 11.0. The van der Waals surface area contributed by atoms with Crippen LogP contribution in [-0.2, 0) is 0 Å². The zero-order chi connectivity index (χ0) is 19.4. The Balaban J connectivity index is 1.69.